The molecule has 1 aromatic heterocycles. The van der Waals surface area contributed by atoms with Crippen LogP contribution in [0.4, 0.5) is 10.1 Å². The van der Waals surface area contributed by atoms with Gasteiger partial charge in [0.25, 0.3) is 5.91 Å². The lowest BCUT2D eigenvalue weighted by Gasteiger charge is -2.04. The molecule has 0 radical (unpaired) electrons. The number of nitrogens with zero attached hydrogens (tertiary/aromatic N) is 1. The van der Waals surface area contributed by atoms with Crippen LogP contribution in [-0.4, -0.2) is 10.9 Å². The van der Waals surface area contributed by atoms with Crippen LogP contribution in [0.5, 0.6) is 5.75 Å². The Morgan fingerprint density at radius 3 is 2.68 bits per heavy atom. The number of benzene rings is 2. The van der Waals surface area contributed by atoms with Crippen molar-refractivity contribution in [1.82, 2.24) is 4.98 Å². The summed E-state index contributed by atoms with van der Waals surface area (Å²) in [5.74, 6) is 0.0567. The van der Waals surface area contributed by atoms with Crippen LogP contribution in [-0.2, 0) is 6.61 Å². The van der Waals surface area contributed by atoms with Gasteiger partial charge in [0.15, 0.2) is 0 Å². The average molecular weight is 356 g/mol. The van der Waals surface area contributed by atoms with E-state index < -0.39 is 0 Å². The summed E-state index contributed by atoms with van der Waals surface area (Å²) >= 11 is 1.29. The SMILES string of the molecule is Cc1cccc(NC(=O)c2sc(COc3ccc(F)cc3)nc2C)c1. The molecule has 0 bridgehead atoms. The van der Waals surface area contributed by atoms with E-state index in [2.05, 4.69) is 10.3 Å². The third-order valence-corrected chi connectivity index (χ3v) is 4.63. The Bertz CT molecular complexity index is 891. The van der Waals surface area contributed by atoms with Gasteiger partial charge in [0, 0.05) is 5.69 Å². The van der Waals surface area contributed by atoms with Crippen molar-refractivity contribution in [3.8, 4) is 5.75 Å². The van der Waals surface area contributed by atoms with E-state index in [4.69, 9.17) is 4.74 Å². The first-order valence-electron chi connectivity index (χ1n) is 7.74. The quantitative estimate of drug-likeness (QED) is 0.719. The van der Waals surface area contributed by atoms with Gasteiger partial charge in [-0.2, -0.15) is 0 Å². The minimum atomic E-state index is -0.312. The maximum absolute atomic E-state index is 12.9. The summed E-state index contributed by atoms with van der Waals surface area (Å²) in [6, 6.07) is 13.4. The van der Waals surface area contributed by atoms with Crippen molar-refractivity contribution in [2.75, 3.05) is 5.32 Å². The predicted molar refractivity (Wildman–Crippen MR) is 96.7 cm³/mol. The van der Waals surface area contributed by atoms with Gasteiger partial charge < -0.3 is 10.1 Å². The van der Waals surface area contributed by atoms with Gasteiger partial charge >= 0.3 is 0 Å². The third kappa shape index (κ3) is 4.42. The van der Waals surface area contributed by atoms with E-state index in [0.717, 1.165) is 11.3 Å². The summed E-state index contributed by atoms with van der Waals surface area (Å²) in [5.41, 5.74) is 2.49. The topological polar surface area (TPSA) is 51.2 Å². The van der Waals surface area contributed by atoms with Gasteiger partial charge in [-0.1, -0.05) is 12.1 Å². The number of nitrogens with one attached hydrogen (secondary N) is 1. The maximum Gasteiger partial charge on any atom is 0.267 e. The fraction of sp³-hybridized carbons (Fsp3) is 0.158. The number of hydrogen-bond acceptors (Lipinski definition) is 4. The highest BCUT2D eigenvalue weighted by Gasteiger charge is 2.16. The highest BCUT2D eigenvalue weighted by Crippen LogP contribution is 2.22. The zero-order valence-corrected chi connectivity index (χ0v) is 14.7. The molecular formula is C19H17FN2O2S. The fourth-order valence-electron chi connectivity index (χ4n) is 2.31. The maximum atomic E-state index is 12.9. The Kier molecular flexibility index (Phi) is 5.09. The standard InChI is InChI=1S/C19H17FN2O2S/c1-12-4-3-5-15(10-12)22-19(23)18-13(2)21-17(25-18)11-24-16-8-6-14(20)7-9-16/h3-10H,11H2,1-2H3,(H,22,23). The van der Waals surface area contributed by atoms with Crippen molar-refractivity contribution in [2.45, 2.75) is 20.5 Å². The number of thiazole rings is 1. The number of carbonyl (C=O) groups excluding carboxylic acids is 1. The second-order valence-electron chi connectivity index (χ2n) is 5.59. The number of halogens is 1. The highest BCUT2D eigenvalue weighted by atomic mass is 32.1. The molecule has 0 unspecified atom stereocenters. The summed E-state index contributed by atoms with van der Waals surface area (Å²) in [5, 5.41) is 3.57. The van der Waals surface area contributed by atoms with Crippen LogP contribution in [0.15, 0.2) is 48.5 Å². The normalized spacial score (nSPS) is 10.5. The minimum Gasteiger partial charge on any atom is -0.486 e. The molecule has 0 aliphatic heterocycles. The molecule has 6 heteroatoms. The van der Waals surface area contributed by atoms with Crippen LogP contribution in [0.1, 0.15) is 25.9 Å². The van der Waals surface area contributed by atoms with Gasteiger partial charge in [-0.15, -0.1) is 11.3 Å². The predicted octanol–water partition coefficient (Wildman–Crippen LogP) is 4.73. The van der Waals surface area contributed by atoms with E-state index in [1.54, 1.807) is 19.1 Å². The zero-order valence-electron chi connectivity index (χ0n) is 13.9. The lowest BCUT2D eigenvalue weighted by atomic mass is 10.2. The van der Waals surface area contributed by atoms with Crippen LogP contribution in [0, 0.1) is 19.7 Å². The van der Waals surface area contributed by atoms with Gasteiger partial charge in [0.1, 0.15) is 28.1 Å². The average Bonchev–Trinajstić information content (AvgIpc) is 2.95. The third-order valence-electron chi connectivity index (χ3n) is 3.50. The fourth-order valence-corrected chi connectivity index (χ4v) is 3.18. The van der Waals surface area contributed by atoms with E-state index in [9.17, 15) is 9.18 Å². The van der Waals surface area contributed by atoms with Crippen LogP contribution in [0.3, 0.4) is 0 Å². The second-order valence-corrected chi connectivity index (χ2v) is 6.67. The zero-order chi connectivity index (χ0) is 17.8. The van der Waals surface area contributed by atoms with Crippen molar-refractivity contribution < 1.29 is 13.9 Å². The molecule has 0 fully saturated rings. The lowest BCUT2D eigenvalue weighted by Crippen LogP contribution is -2.11. The molecule has 0 spiro atoms. The molecule has 0 atom stereocenters. The first kappa shape index (κ1) is 17.1. The molecule has 1 amide bonds. The van der Waals surface area contributed by atoms with E-state index in [0.29, 0.717) is 21.3 Å². The first-order valence-corrected chi connectivity index (χ1v) is 8.55. The summed E-state index contributed by atoms with van der Waals surface area (Å²) in [7, 11) is 0. The van der Waals surface area contributed by atoms with Gasteiger partial charge in [0.05, 0.1) is 5.69 Å². The smallest absolute Gasteiger partial charge is 0.267 e. The molecule has 2 aromatic carbocycles. The molecule has 128 valence electrons. The van der Waals surface area contributed by atoms with Crippen LogP contribution >= 0.6 is 11.3 Å². The van der Waals surface area contributed by atoms with Gasteiger partial charge in [-0.25, -0.2) is 9.37 Å². The molecule has 0 aliphatic carbocycles. The minimum absolute atomic E-state index is 0.186. The molecule has 3 aromatic rings. The number of carbonyl (C=O) groups is 1. The molecule has 1 heterocycles. The number of aryl methyl sites for hydroxylation is 2. The van der Waals surface area contributed by atoms with Gasteiger partial charge in [-0.3, -0.25) is 4.79 Å². The molecular weight excluding hydrogens is 339 g/mol. The number of ether oxygens (including phenoxy) is 1. The Balaban J connectivity index is 1.67. The first-order chi connectivity index (χ1) is 12.0. The van der Waals surface area contributed by atoms with Gasteiger partial charge in [-0.05, 0) is 55.8 Å². The number of hydrogen-bond donors (Lipinski definition) is 1. The summed E-state index contributed by atoms with van der Waals surface area (Å²) in [6.45, 7) is 4.00. The lowest BCUT2D eigenvalue weighted by molar-refractivity contribution is 0.103. The number of aromatic nitrogens is 1. The molecule has 0 saturated carbocycles. The largest absolute Gasteiger partial charge is 0.486 e. The van der Waals surface area contributed by atoms with E-state index >= 15 is 0 Å². The van der Waals surface area contributed by atoms with Crippen molar-refractivity contribution in [2.24, 2.45) is 0 Å². The molecule has 4 nitrogen and oxygen atoms in total. The summed E-state index contributed by atoms with van der Waals surface area (Å²) in [6.07, 6.45) is 0. The van der Waals surface area contributed by atoms with Crippen LogP contribution in [0.25, 0.3) is 0 Å². The van der Waals surface area contributed by atoms with Gasteiger partial charge in [0.2, 0.25) is 0 Å². The second kappa shape index (κ2) is 7.44. The molecule has 0 aliphatic rings. The van der Waals surface area contributed by atoms with Crippen LogP contribution < -0.4 is 10.1 Å². The van der Waals surface area contributed by atoms with Crippen LogP contribution in [0.2, 0.25) is 0 Å². The summed E-state index contributed by atoms with van der Waals surface area (Å²) in [4.78, 5) is 17.4. The number of rotatable bonds is 5. The van der Waals surface area contributed by atoms with Crippen molar-refractivity contribution in [3.63, 3.8) is 0 Å². The van der Waals surface area contributed by atoms with E-state index in [-0.39, 0.29) is 18.3 Å². The number of anilines is 1. The molecule has 0 saturated heterocycles. The summed E-state index contributed by atoms with van der Waals surface area (Å²) < 4.78 is 18.5. The van der Waals surface area contributed by atoms with Crippen molar-refractivity contribution in [3.05, 3.63) is 75.5 Å². The number of amides is 1. The molecule has 1 N–H and O–H groups in total. The van der Waals surface area contributed by atoms with Crippen molar-refractivity contribution in [1.29, 1.82) is 0 Å². The Morgan fingerprint density at radius 1 is 1.20 bits per heavy atom. The van der Waals surface area contributed by atoms with E-state index in [1.807, 2.05) is 31.2 Å². The Morgan fingerprint density at radius 2 is 1.96 bits per heavy atom. The monoisotopic (exact) mass is 356 g/mol. The Hall–Kier alpha value is -2.73. The molecule has 3 rings (SSSR count). The Labute approximate surface area is 149 Å². The highest BCUT2D eigenvalue weighted by molar-refractivity contribution is 7.13. The molecule has 25 heavy (non-hydrogen) atoms. The van der Waals surface area contributed by atoms with E-state index in [1.165, 1.54) is 23.5 Å². The van der Waals surface area contributed by atoms with Crippen molar-refractivity contribution >= 4 is 22.9 Å².